The van der Waals surface area contributed by atoms with Gasteiger partial charge in [0.05, 0.1) is 13.2 Å². The summed E-state index contributed by atoms with van der Waals surface area (Å²) < 4.78 is 6.16. The van der Waals surface area contributed by atoms with Gasteiger partial charge < -0.3 is 10.5 Å². The second-order valence-corrected chi connectivity index (χ2v) is 4.91. The quantitative estimate of drug-likeness (QED) is 0.879. The first-order chi connectivity index (χ1) is 8.08. The highest BCUT2D eigenvalue weighted by Crippen LogP contribution is 2.23. The summed E-state index contributed by atoms with van der Waals surface area (Å²) in [7, 11) is 1.60. The topological polar surface area (TPSA) is 52.3 Å². The molecule has 0 fully saturated rings. The number of halogens is 1. The largest absolute Gasteiger partial charge is 0.496 e. The molecule has 0 radical (unpaired) electrons. The first kappa shape index (κ1) is 14.2. The molecule has 0 heterocycles. The van der Waals surface area contributed by atoms with Crippen molar-refractivity contribution in [1.82, 2.24) is 0 Å². The minimum Gasteiger partial charge on any atom is -0.496 e. The smallest absolute Gasteiger partial charge is 0.154 e. The molecule has 17 heavy (non-hydrogen) atoms. The Morgan fingerprint density at radius 2 is 2.24 bits per heavy atom. The zero-order valence-electron chi connectivity index (χ0n) is 10.2. The Labute approximate surface area is 110 Å². The number of ketones is 1. The van der Waals surface area contributed by atoms with Crippen LogP contribution in [0.1, 0.15) is 25.3 Å². The minimum absolute atomic E-state index is 0.0586. The lowest BCUT2D eigenvalue weighted by Gasteiger charge is -2.12. The van der Waals surface area contributed by atoms with Crippen LogP contribution in [0, 0.1) is 0 Å². The third-order valence-corrected chi connectivity index (χ3v) is 3.11. The van der Waals surface area contributed by atoms with Crippen molar-refractivity contribution >= 4 is 21.7 Å². The molecule has 1 rings (SSSR count). The van der Waals surface area contributed by atoms with E-state index < -0.39 is 0 Å². The van der Waals surface area contributed by atoms with Crippen LogP contribution in [0.4, 0.5) is 0 Å². The van der Waals surface area contributed by atoms with Crippen LogP contribution in [0.3, 0.4) is 0 Å². The van der Waals surface area contributed by atoms with E-state index >= 15 is 0 Å². The van der Waals surface area contributed by atoms with Crippen LogP contribution in [0.5, 0.6) is 5.75 Å². The standard InChI is InChI=1S/C13H18BrNO2/c1-3-4-11(15)12(16)8-9-7-10(14)5-6-13(9)17-2/h5-7,11H,3-4,8,15H2,1-2H3. The fourth-order valence-electron chi connectivity index (χ4n) is 1.68. The van der Waals surface area contributed by atoms with Crippen LogP contribution < -0.4 is 10.5 Å². The number of ether oxygens (including phenoxy) is 1. The average molecular weight is 300 g/mol. The maximum atomic E-state index is 11.9. The lowest BCUT2D eigenvalue weighted by atomic mass is 10.0. The van der Waals surface area contributed by atoms with Crippen molar-refractivity contribution in [3.05, 3.63) is 28.2 Å². The third-order valence-electron chi connectivity index (χ3n) is 2.62. The molecule has 1 aromatic carbocycles. The second-order valence-electron chi connectivity index (χ2n) is 3.99. The van der Waals surface area contributed by atoms with Gasteiger partial charge in [-0.2, -0.15) is 0 Å². The molecule has 0 amide bonds. The molecular formula is C13H18BrNO2. The summed E-state index contributed by atoms with van der Waals surface area (Å²) in [6.45, 7) is 2.02. The second kappa shape index (κ2) is 6.77. The number of hydrogen-bond donors (Lipinski definition) is 1. The highest BCUT2D eigenvalue weighted by atomic mass is 79.9. The van der Waals surface area contributed by atoms with Crippen molar-refractivity contribution in [2.45, 2.75) is 32.2 Å². The van der Waals surface area contributed by atoms with Gasteiger partial charge in [-0.05, 0) is 24.6 Å². The van der Waals surface area contributed by atoms with Gasteiger partial charge in [-0.3, -0.25) is 4.79 Å². The Hall–Kier alpha value is -0.870. The molecule has 0 aliphatic rings. The highest BCUT2D eigenvalue weighted by molar-refractivity contribution is 9.10. The zero-order valence-corrected chi connectivity index (χ0v) is 11.8. The summed E-state index contributed by atoms with van der Waals surface area (Å²) in [6, 6.07) is 5.26. The molecule has 0 aromatic heterocycles. The molecule has 1 atom stereocenters. The molecule has 0 bridgehead atoms. The van der Waals surface area contributed by atoms with Gasteiger partial charge in [0.15, 0.2) is 5.78 Å². The molecule has 4 heteroatoms. The van der Waals surface area contributed by atoms with Crippen LogP contribution in [0.2, 0.25) is 0 Å². The number of carbonyl (C=O) groups excluding carboxylic acids is 1. The predicted octanol–water partition coefficient (Wildman–Crippen LogP) is 2.70. The molecule has 0 aliphatic heterocycles. The Kier molecular flexibility index (Phi) is 5.65. The fourth-order valence-corrected chi connectivity index (χ4v) is 2.08. The van der Waals surface area contributed by atoms with E-state index in [1.807, 2.05) is 25.1 Å². The van der Waals surface area contributed by atoms with Crippen molar-refractivity contribution < 1.29 is 9.53 Å². The normalized spacial score (nSPS) is 12.2. The van der Waals surface area contributed by atoms with E-state index in [2.05, 4.69) is 15.9 Å². The van der Waals surface area contributed by atoms with Crippen LogP contribution >= 0.6 is 15.9 Å². The van der Waals surface area contributed by atoms with Crippen molar-refractivity contribution in [3.8, 4) is 5.75 Å². The van der Waals surface area contributed by atoms with E-state index in [9.17, 15) is 4.79 Å². The van der Waals surface area contributed by atoms with Gasteiger partial charge in [-0.1, -0.05) is 29.3 Å². The highest BCUT2D eigenvalue weighted by Gasteiger charge is 2.15. The number of benzene rings is 1. The Morgan fingerprint density at radius 3 is 2.82 bits per heavy atom. The van der Waals surface area contributed by atoms with Crippen LogP contribution in [0.25, 0.3) is 0 Å². The SMILES string of the molecule is CCCC(N)C(=O)Cc1cc(Br)ccc1OC. The average Bonchev–Trinajstić information content (AvgIpc) is 2.29. The molecule has 94 valence electrons. The monoisotopic (exact) mass is 299 g/mol. The van der Waals surface area contributed by atoms with Crippen LogP contribution in [-0.4, -0.2) is 18.9 Å². The van der Waals surface area contributed by atoms with E-state index in [-0.39, 0.29) is 11.8 Å². The van der Waals surface area contributed by atoms with Gasteiger partial charge in [0.25, 0.3) is 0 Å². The third kappa shape index (κ3) is 4.13. The number of hydrogen-bond acceptors (Lipinski definition) is 3. The van der Waals surface area contributed by atoms with Crippen molar-refractivity contribution in [2.24, 2.45) is 5.73 Å². The molecule has 2 N–H and O–H groups in total. The van der Waals surface area contributed by atoms with Crippen LogP contribution in [0.15, 0.2) is 22.7 Å². The van der Waals surface area contributed by atoms with Crippen molar-refractivity contribution in [1.29, 1.82) is 0 Å². The van der Waals surface area contributed by atoms with Crippen molar-refractivity contribution in [3.63, 3.8) is 0 Å². The van der Waals surface area contributed by atoms with Crippen molar-refractivity contribution in [2.75, 3.05) is 7.11 Å². The number of carbonyl (C=O) groups is 1. The van der Waals surface area contributed by atoms with Gasteiger partial charge in [-0.15, -0.1) is 0 Å². The maximum absolute atomic E-state index is 11.9. The van der Waals surface area contributed by atoms with Gasteiger partial charge >= 0.3 is 0 Å². The van der Waals surface area contributed by atoms with E-state index in [0.717, 1.165) is 28.6 Å². The summed E-state index contributed by atoms with van der Waals surface area (Å²) in [4.78, 5) is 11.9. The maximum Gasteiger partial charge on any atom is 0.154 e. The number of Topliss-reactive ketones (excluding diaryl/α,β-unsaturated/α-hetero) is 1. The fraction of sp³-hybridized carbons (Fsp3) is 0.462. The van der Waals surface area contributed by atoms with Gasteiger partial charge in [0, 0.05) is 16.5 Å². The Bertz CT molecular complexity index is 393. The first-order valence-corrected chi connectivity index (χ1v) is 6.48. The zero-order chi connectivity index (χ0) is 12.8. The molecule has 1 unspecified atom stereocenters. The van der Waals surface area contributed by atoms with E-state index in [0.29, 0.717) is 6.42 Å². The molecule has 0 saturated carbocycles. The van der Waals surface area contributed by atoms with Crippen LogP contribution in [-0.2, 0) is 11.2 Å². The lowest BCUT2D eigenvalue weighted by Crippen LogP contribution is -2.31. The Morgan fingerprint density at radius 1 is 1.53 bits per heavy atom. The van der Waals surface area contributed by atoms with E-state index in [1.165, 1.54) is 0 Å². The molecular weight excluding hydrogens is 282 g/mol. The molecule has 3 nitrogen and oxygen atoms in total. The number of methoxy groups -OCH3 is 1. The first-order valence-electron chi connectivity index (χ1n) is 5.69. The minimum atomic E-state index is -0.372. The van der Waals surface area contributed by atoms with E-state index in [4.69, 9.17) is 10.5 Å². The number of nitrogens with two attached hydrogens (primary N) is 1. The molecule has 0 aliphatic carbocycles. The Balaban J connectivity index is 2.79. The summed E-state index contributed by atoms with van der Waals surface area (Å²) in [5, 5.41) is 0. The number of rotatable bonds is 6. The lowest BCUT2D eigenvalue weighted by molar-refractivity contribution is -0.119. The van der Waals surface area contributed by atoms with Gasteiger partial charge in [0.1, 0.15) is 5.75 Å². The molecule has 0 spiro atoms. The summed E-state index contributed by atoms with van der Waals surface area (Å²) in [6.07, 6.45) is 1.97. The van der Waals surface area contributed by atoms with Gasteiger partial charge in [-0.25, -0.2) is 0 Å². The summed E-state index contributed by atoms with van der Waals surface area (Å²) >= 11 is 3.39. The molecule has 1 aromatic rings. The predicted molar refractivity (Wildman–Crippen MR) is 72.3 cm³/mol. The summed E-state index contributed by atoms with van der Waals surface area (Å²) in [5.41, 5.74) is 6.68. The molecule has 0 saturated heterocycles. The van der Waals surface area contributed by atoms with E-state index in [1.54, 1.807) is 7.11 Å². The summed E-state index contributed by atoms with van der Waals surface area (Å²) in [5.74, 6) is 0.786. The van der Waals surface area contributed by atoms with Gasteiger partial charge in [0.2, 0.25) is 0 Å².